The Morgan fingerprint density at radius 2 is 2.55 bits per heavy atom. The second-order valence-electron chi connectivity index (χ2n) is 2.55. The van der Waals surface area contributed by atoms with Crippen molar-refractivity contribution in [3.63, 3.8) is 0 Å². The number of rotatable bonds is 1. The molecule has 1 fully saturated rings. The van der Waals surface area contributed by atoms with Gasteiger partial charge in [-0.15, -0.1) is 0 Å². The Morgan fingerprint density at radius 1 is 1.82 bits per heavy atom. The summed E-state index contributed by atoms with van der Waals surface area (Å²) < 4.78 is 4.52. The zero-order valence-corrected chi connectivity index (χ0v) is 6.33. The molecule has 0 saturated carbocycles. The standard InChI is InChI=1S/C7H10N2O2/c1-11-7(10)6-2-5(3-8)4-9-6/h5-6,9H,2,4H2,1H3/t5-,6-/m0/s1. The first-order valence-electron chi connectivity index (χ1n) is 3.48. The third-order valence-electron chi connectivity index (χ3n) is 1.80. The molecule has 0 aromatic heterocycles. The number of nitrogens with zero attached hydrogens (tertiary/aromatic N) is 1. The number of carbonyl (C=O) groups is 1. The van der Waals surface area contributed by atoms with E-state index < -0.39 is 0 Å². The minimum atomic E-state index is -0.275. The number of carbonyl (C=O) groups excluding carboxylic acids is 1. The lowest BCUT2D eigenvalue weighted by Crippen LogP contribution is -2.31. The maximum absolute atomic E-state index is 10.9. The molecule has 60 valence electrons. The van der Waals surface area contributed by atoms with Crippen LogP contribution in [0.5, 0.6) is 0 Å². The van der Waals surface area contributed by atoms with Gasteiger partial charge in [0, 0.05) is 6.54 Å². The molecule has 11 heavy (non-hydrogen) atoms. The molecular weight excluding hydrogens is 144 g/mol. The smallest absolute Gasteiger partial charge is 0.322 e. The highest BCUT2D eigenvalue weighted by Gasteiger charge is 2.29. The van der Waals surface area contributed by atoms with Crippen LogP contribution in [0.2, 0.25) is 0 Å². The number of hydrogen-bond donors (Lipinski definition) is 1. The van der Waals surface area contributed by atoms with Crippen LogP contribution in [0.1, 0.15) is 6.42 Å². The largest absolute Gasteiger partial charge is 0.468 e. The molecule has 1 heterocycles. The summed E-state index contributed by atoms with van der Waals surface area (Å²) in [4.78, 5) is 10.9. The summed E-state index contributed by atoms with van der Waals surface area (Å²) in [6.45, 7) is 0.594. The quantitative estimate of drug-likeness (QED) is 0.525. The van der Waals surface area contributed by atoms with E-state index in [4.69, 9.17) is 5.26 Å². The van der Waals surface area contributed by atoms with Gasteiger partial charge in [0.05, 0.1) is 19.1 Å². The number of nitriles is 1. The van der Waals surface area contributed by atoms with Crippen molar-refractivity contribution in [3.8, 4) is 6.07 Å². The van der Waals surface area contributed by atoms with Gasteiger partial charge in [-0.25, -0.2) is 0 Å². The van der Waals surface area contributed by atoms with Gasteiger partial charge in [0.25, 0.3) is 0 Å². The van der Waals surface area contributed by atoms with Crippen molar-refractivity contribution in [3.05, 3.63) is 0 Å². The molecule has 1 N–H and O–H groups in total. The van der Waals surface area contributed by atoms with Gasteiger partial charge in [-0.3, -0.25) is 4.79 Å². The van der Waals surface area contributed by atoms with Crippen molar-refractivity contribution in [2.24, 2.45) is 5.92 Å². The second-order valence-corrected chi connectivity index (χ2v) is 2.55. The summed E-state index contributed by atoms with van der Waals surface area (Å²) in [5.74, 6) is -0.318. The lowest BCUT2D eigenvalue weighted by molar-refractivity contribution is -0.142. The number of nitrogens with one attached hydrogen (secondary N) is 1. The molecule has 0 aliphatic carbocycles. The highest BCUT2D eigenvalue weighted by Crippen LogP contribution is 2.13. The van der Waals surface area contributed by atoms with Crippen LogP contribution in [0.15, 0.2) is 0 Å². The van der Waals surface area contributed by atoms with Crippen LogP contribution in [-0.4, -0.2) is 25.7 Å². The lowest BCUT2D eigenvalue weighted by atomic mass is 10.1. The van der Waals surface area contributed by atoms with E-state index in [0.29, 0.717) is 13.0 Å². The predicted molar refractivity (Wildman–Crippen MR) is 37.5 cm³/mol. The summed E-state index contributed by atoms with van der Waals surface area (Å²) in [5, 5.41) is 11.4. The van der Waals surface area contributed by atoms with Gasteiger partial charge in [-0.05, 0) is 6.42 Å². The molecule has 1 aliphatic rings. The molecule has 0 unspecified atom stereocenters. The summed E-state index contributed by atoms with van der Waals surface area (Å²) in [7, 11) is 1.35. The van der Waals surface area contributed by atoms with Gasteiger partial charge in [-0.2, -0.15) is 5.26 Å². The van der Waals surface area contributed by atoms with E-state index in [-0.39, 0.29) is 17.9 Å². The third-order valence-corrected chi connectivity index (χ3v) is 1.80. The zero-order valence-electron chi connectivity index (χ0n) is 6.33. The van der Waals surface area contributed by atoms with Crippen molar-refractivity contribution >= 4 is 5.97 Å². The summed E-state index contributed by atoms with van der Waals surface area (Å²) in [6, 6.07) is 1.83. The van der Waals surface area contributed by atoms with Crippen LogP contribution in [0.25, 0.3) is 0 Å². The molecule has 1 saturated heterocycles. The fraction of sp³-hybridized carbons (Fsp3) is 0.714. The highest BCUT2D eigenvalue weighted by molar-refractivity contribution is 5.76. The van der Waals surface area contributed by atoms with Crippen molar-refractivity contribution in [2.75, 3.05) is 13.7 Å². The van der Waals surface area contributed by atoms with Crippen LogP contribution in [0, 0.1) is 17.2 Å². The molecule has 0 bridgehead atoms. The van der Waals surface area contributed by atoms with Gasteiger partial charge in [0.1, 0.15) is 6.04 Å². The van der Waals surface area contributed by atoms with Gasteiger partial charge >= 0.3 is 5.97 Å². The van der Waals surface area contributed by atoms with Crippen LogP contribution in [-0.2, 0) is 9.53 Å². The summed E-state index contributed by atoms with van der Waals surface area (Å²) in [5.41, 5.74) is 0. The molecule has 0 aromatic rings. The van der Waals surface area contributed by atoms with Crippen molar-refractivity contribution in [2.45, 2.75) is 12.5 Å². The van der Waals surface area contributed by atoms with Crippen molar-refractivity contribution in [1.82, 2.24) is 5.32 Å². The Kier molecular flexibility index (Phi) is 2.44. The van der Waals surface area contributed by atoms with Crippen LogP contribution < -0.4 is 5.32 Å². The predicted octanol–water partition coefficient (Wildman–Crippen LogP) is -0.339. The van der Waals surface area contributed by atoms with E-state index in [1.54, 1.807) is 0 Å². The van der Waals surface area contributed by atoms with Gasteiger partial charge in [0.15, 0.2) is 0 Å². The number of hydrogen-bond acceptors (Lipinski definition) is 4. The first-order chi connectivity index (χ1) is 5.27. The molecule has 0 aromatic carbocycles. The minimum Gasteiger partial charge on any atom is -0.468 e. The number of methoxy groups -OCH3 is 1. The first kappa shape index (κ1) is 8.02. The fourth-order valence-electron chi connectivity index (χ4n) is 1.16. The van der Waals surface area contributed by atoms with Crippen molar-refractivity contribution in [1.29, 1.82) is 5.26 Å². The summed E-state index contributed by atoms with van der Waals surface area (Å²) in [6.07, 6.45) is 0.573. The van der Waals surface area contributed by atoms with Gasteiger partial charge in [0.2, 0.25) is 0 Å². The van der Waals surface area contributed by atoms with E-state index in [2.05, 4.69) is 16.1 Å². The molecule has 4 heteroatoms. The van der Waals surface area contributed by atoms with Gasteiger partial charge < -0.3 is 10.1 Å². The third kappa shape index (κ3) is 1.69. The Hall–Kier alpha value is -1.08. The molecular formula is C7H10N2O2. The molecule has 1 rings (SSSR count). The van der Waals surface area contributed by atoms with E-state index in [1.807, 2.05) is 0 Å². The second kappa shape index (κ2) is 3.35. The minimum absolute atomic E-state index is 0.0425. The Morgan fingerprint density at radius 3 is 3.00 bits per heavy atom. The van der Waals surface area contributed by atoms with Crippen molar-refractivity contribution < 1.29 is 9.53 Å². The Bertz CT molecular complexity index is 197. The molecule has 2 atom stereocenters. The number of ether oxygens (including phenoxy) is 1. The Labute approximate surface area is 65.1 Å². The van der Waals surface area contributed by atoms with E-state index in [9.17, 15) is 4.79 Å². The lowest BCUT2D eigenvalue weighted by Gasteiger charge is -2.05. The zero-order chi connectivity index (χ0) is 8.27. The van der Waals surface area contributed by atoms with Crippen LogP contribution >= 0.6 is 0 Å². The van der Waals surface area contributed by atoms with E-state index >= 15 is 0 Å². The molecule has 0 radical (unpaired) electrons. The van der Waals surface area contributed by atoms with Crippen LogP contribution in [0.3, 0.4) is 0 Å². The summed E-state index contributed by atoms with van der Waals surface area (Å²) >= 11 is 0. The Balaban J connectivity index is 2.43. The van der Waals surface area contributed by atoms with E-state index in [0.717, 1.165) is 0 Å². The van der Waals surface area contributed by atoms with E-state index in [1.165, 1.54) is 7.11 Å². The maximum Gasteiger partial charge on any atom is 0.322 e. The average molecular weight is 154 g/mol. The molecule has 4 nitrogen and oxygen atoms in total. The molecule has 0 spiro atoms. The topological polar surface area (TPSA) is 62.1 Å². The SMILES string of the molecule is COC(=O)[C@@H]1C[C@@H](C#N)CN1. The highest BCUT2D eigenvalue weighted by atomic mass is 16.5. The normalized spacial score (nSPS) is 29.5. The first-order valence-corrected chi connectivity index (χ1v) is 3.48. The number of esters is 1. The van der Waals surface area contributed by atoms with Crippen LogP contribution in [0.4, 0.5) is 0 Å². The molecule has 1 aliphatic heterocycles. The fourth-order valence-corrected chi connectivity index (χ4v) is 1.16. The average Bonchev–Trinajstić information content (AvgIpc) is 2.50. The molecule has 0 amide bonds. The monoisotopic (exact) mass is 154 g/mol. The van der Waals surface area contributed by atoms with Gasteiger partial charge in [-0.1, -0.05) is 0 Å². The maximum atomic E-state index is 10.9.